The normalized spacial score (nSPS) is 17.1. The van der Waals surface area contributed by atoms with E-state index >= 15 is 0 Å². The van der Waals surface area contributed by atoms with E-state index in [1.165, 1.54) is 104 Å². The van der Waals surface area contributed by atoms with E-state index in [4.69, 9.17) is 0 Å². The highest BCUT2D eigenvalue weighted by Crippen LogP contribution is 2.44. The molecule has 10 rings (SSSR count). The molecular weight excluding hydrogens is 605 g/mol. The SMILES string of the molecule is c1ccc(-n2c3ccccc3c3ccc(N(c4ccc5c(c4)CCC4CCC(Cc6ccccc6-5)C4)c4ccc5ccccc5c4)cc32)cc1. The zero-order valence-electron chi connectivity index (χ0n) is 28.3. The number of aryl methyl sites for hydroxylation is 1. The molecular formula is C48H40N2. The number of nitrogens with zero attached hydrogens (tertiary/aromatic N) is 2. The van der Waals surface area contributed by atoms with Crippen molar-refractivity contribution in [2.45, 2.75) is 38.5 Å². The lowest BCUT2D eigenvalue weighted by atomic mass is 9.85. The minimum atomic E-state index is 0.826. The molecule has 2 aliphatic rings. The monoisotopic (exact) mass is 644 g/mol. The van der Waals surface area contributed by atoms with Gasteiger partial charge in [0.05, 0.1) is 11.0 Å². The van der Waals surface area contributed by atoms with Gasteiger partial charge >= 0.3 is 0 Å². The molecule has 2 bridgehead atoms. The van der Waals surface area contributed by atoms with Gasteiger partial charge in [-0.25, -0.2) is 0 Å². The first-order chi connectivity index (χ1) is 24.8. The number of hydrogen-bond donors (Lipinski definition) is 0. The molecule has 1 saturated carbocycles. The van der Waals surface area contributed by atoms with Crippen LogP contribution in [0.4, 0.5) is 17.1 Å². The predicted molar refractivity (Wildman–Crippen MR) is 211 cm³/mol. The quantitative estimate of drug-likeness (QED) is 0.185. The fraction of sp³-hybridized carbons (Fsp3) is 0.167. The van der Waals surface area contributed by atoms with Crippen molar-refractivity contribution >= 4 is 49.6 Å². The van der Waals surface area contributed by atoms with Crippen LogP contribution in [0.2, 0.25) is 0 Å². The number of rotatable bonds is 4. The topological polar surface area (TPSA) is 8.17 Å². The molecule has 8 aromatic rings. The molecule has 242 valence electrons. The first-order valence-corrected chi connectivity index (χ1v) is 18.4. The van der Waals surface area contributed by atoms with Crippen LogP contribution < -0.4 is 4.90 Å². The standard InChI is InChI=1S/C48H40N2/c1-2-13-39(14-3-1)50-47-17-9-8-16-45(47)46-27-25-42(32-48(46)50)49(40-23-22-35-10-4-5-11-36(35)30-40)41-24-26-44-38(31-41)21-20-33-18-19-34(28-33)29-37-12-6-7-15-43(37)44/h1-17,22-27,30-34H,18-21,28-29H2. The van der Waals surface area contributed by atoms with Gasteiger partial charge in [-0.15, -0.1) is 0 Å². The fourth-order valence-electron chi connectivity index (χ4n) is 9.16. The Bertz CT molecular complexity index is 2520. The van der Waals surface area contributed by atoms with Crippen molar-refractivity contribution in [3.05, 3.63) is 169 Å². The van der Waals surface area contributed by atoms with Crippen molar-refractivity contribution in [2.24, 2.45) is 11.8 Å². The van der Waals surface area contributed by atoms with E-state index in [-0.39, 0.29) is 0 Å². The molecule has 0 aliphatic heterocycles. The average molecular weight is 645 g/mol. The van der Waals surface area contributed by atoms with Crippen LogP contribution in [-0.2, 0) is 12.8 Å². The van der Waals surface area contributed by atoms with Crippen molar-refractivity contribution < 1.29 is 0 Å². The van der Waals surface area contributed by atoms with E-state index in [1.807, 2.05) is 0 Å². The fourth-order valence-corrected chi connectivity index (χ4v) is 9.16. The van der Waals surface area contributed by atoms with E-state index in [9.17, 15) is 0 Å². The molecule has 50 heavy (non-hydrogen) atoms. The van der Waals surface area contributed by atoms with Gasteiger partial charge in [-0.1, -0.05) is 110 Å². The Morgan fingerprint density at radius 3 is 2.08 bits per heavy atom. The number of anilines is 3. The number of fused-ring (bicyclic) bond motifs is 9. The first kappa shape index (κ1) is 29.3. The number of benzene rings is 7. The molecule has 1 fully saturated rings. The van der Waals surface area contributed by atoms with Gasteiger partial charge < -0.3 is 9.47 Å². The zero-order valence-corrected chi connectivity index (χ0v) is 28.3. The minimum Gasteiger partial charge on any atom is -0.310 e. The van der Waals surface area contributed by atoms with Gasteiger partial charge in [0.1, 0.15) is 0 Å². The Kier molecular flexibility index (Phi) is 7.08. The molecule has 2 aliphatic carbocycles. The van der Waals surface area contributed by atoms with E-state index in [2.05, 4.69) is 167 Å². The lowest BCUT2D eigenvalue weighted by Crippen LogP contribution is -2.12. The van der Waals surface area contributed by atoms with Gasteiger partial charge in [0.2, 0.25) is 0 Å². The van der Waals surface area contributed by atoms with E-state index in [0.717, 1.165) is 23.9 Å². The Morgan fingerprint density at radius 1 is 0.460 bits per heavy atom. The minimum absolute atomic E-state index is 0.826. The van der Waals surface area contributed by atoms with Crippen molar-refractivity contribution in [1.29, 1.82) is 0 Å². The molecule has 7 aromatic carbocycles. The maximum Gasteiger partial charge on any atom is 0.0561 e. The first-order valence-electron chi connectivity index (χ1n) is 18.4. The van der Waals surface area contributed by atoms with Crippen molar-refractivity contribution in [2.75, 3.05) is 4.90 Å². The largest absolute Gasteiger partial charge is 0.310 e. The number of hydrogen-bond acceptors (Lipinski definition) is 1. The summed E-state index contributed by atoms with van der Waals surface area (Å²) in [5.41, 5.74) is 13.0. The van der Waals surface area contributed by atoms with E-state index in [1.54, 1.807) is 0 Å². The van der Waals surface area contributed by atoms with Crippen LogP contribution in [0.3, 0.4) is 0 Å². The van der Waals surface area contributed by atoms with Gasteiger partial charge in [-0.05, 0) is 132 Å². The molecule has 2 heteroatoms. The second-order valence-electron chi connectivity index (χ2n) is 14.5. The third-order valence-electron chi connectivity index (χ3n) is 11.6. The Labute approximate surface area is 294 Å². The highest BCUT2D eigenvalue weighted by molar-refractivity contribution is 6.10. The Morgan fingerprint density at radius 2 is 1.14 bits per heavy atom. The summed E-state index contributed by atoms with van der Waals surface area (Å²) in [5.74, 6) is 1.66. The van der Waals surface area contributed by atoms with Gasteiger partial charge in [0, 0.05) is 33.5 Å². The van der Waals surface area contributed by atoms with Crippen LogP contribution in [0, 0.1) is 11.8 Å². The van der Waals surface area contributed by atoms with Crippen LogP contribution in [0.15, 0.2) is 158 Å². The molecule has 1 heterocycles. The highest BCUT2D eigenvalue weighted by Gasteiger charge is 2.28. The maximum absolute atomic E-state index is 2.51. The summed E-state index contributed by atoms with van der Waals surface area (Å²) < 4.78 is 2.42. The van der Waals surface area contributed by atoms with E-state index < -0.39 is 0 Å². The summed E-state index contributed by atoms with van der Waals surface area (Å²) in [6.45, 7) is 0. The second kappa shape index (κ2) is 12.1. The number of aromatic nitrogens is 1. The second-order valence-corrected chi connectivity index (χ2v) is 14.5. The van der Waals surface area contributed by atoms with Gasteiger partial charge in [0.15, 0.2) is 0 Å². The molecule has 1 aromatic heterocycles. The predicted octanol–water partition coefficient (Wildman–Crippen LogP) is 13.0. The molecule has 2 nitrogen and oxygen atoms in total. The van der Waals surface area contributed by atoms with Crippen LogP contribution in [0.5, 0.6) is 0 Å². The molecule has 2 atom stereocenters. The van der Waals surface area contributed by atoms with E-state index in [0.29, 0.717) is 0 Å². The smallest absolute Gasteiger partial charge is 0.0561 e. The summed E-state index contributed by atoms with van der Waals surface area (Å²) in [5, 5.41) is 5.05. The lowest BCUT2D eigenvalue weighted by Gasteiger charge is -2.28. The zero-order chi connectivity index (χ0) is 33.0. The molecule has 0 spiro atoms. The van der Waals surface area contributed by atoms with Crippen molar-refractivity contribution in [3.63, 3.8) is 0 Å². The maximum atomic E-state index is 2.51. The van der Waals surface area contributed by atoms with Gasteiger partial charge in [0.25, 0.3) is 0 Å². The third kappa shape index (κ3) is 5.01. The molecule has 0 radical (unpaired) electrons. The van der Waals surface area contributed by atoms with Crippen LogP contribution in [0.1, 0.15) is 36.8 Å². The summed E-state index contributed by atoms with van der Waals surface area (Å²) >= 11 is 0. The number of para-hydroxylation sites is 2. The third-order valence-corrected chi connectivity index (χ3v) is 11.6. The molecule has 0 N–H and O–H groups in total. The Hall–Kier alpha value is -5.60. The lowest BCUT2D eigenvalue weighted by molar-refractivity contribution is 0.462. The van der Waals surface area contributed by atoms with Gasteiger partial charge in [-0.3, -0.25) is 0 Å². The van der Waals surface area contributed by atoms with Crippen molar-refractivity contribution in [1.82, 2.24) is 4.57 Å². The van der Waals surface area contributed by atoms with Crippen molar-refractivity contribution in [3.8, 4) is 16.8 Å². The summed E-state index contributed by atoms with van der Waals surface area (Å²) in [7, 11) is 0. The average Bonchev–Trinajstić information content (AvgIpc) is 3.76. The molecule has 0 saturated heterocycles. The van der Waals surface area contributed by atoms with Crippen LogP contribution >= 0.6 is 0 Å². The van der Waals surface area contributed by atoms with Crippen LogP contribution in [-0.4, -0.2) is 4.57 Å². The van der Waals surface area contributed by atoms with Gasteiger partial charge in [-0.2, -0.15) is 0 Å². The summed E-state index contributed by atoms with van der Waals surface area (Å²) in [4.78, 5) is 2.48. The Balaban J connectivity index is 1.19. The summed E-state index contributed by atoms with van der Waals surface area (Å²) in [6.07, 6.45) is 7.71. The summed E-state index contributed by atoms with van der Waals surface area (Å²) in [6, 6.07) is 58.7. The highest BCUT2D eigenvalue weighted by atomic mass is 15.1. The molecule has 2 unspecified atom stereocenters. The van der Waals surface area contributed by atoms with Crippen LogP contribution in [0.25, 0.3) is 49.4 Å². The molecule has 0 amide bonds.